The molecule has 1 atom stereocenters. The summed E-state index contributed by atoms with van der Waals surface area (Å²) < 4.78 is 43.9. The SMILES string of the molecule is C[C@H]1CCCN(Cc2cc3c(C4CC4)cn(-c4cc(-c5ccc(C#N)cc5-c5nc(C(F)(F)F)cn5C)cc(C5CC5)n4)c(=O)c3[nH]2)C1. The van der Waals surface area contributed by atoms with Crippen LogP contribution in [0.15, 0.2) is 53.6 Å². The molecule has 0 bridgehead atoms. The molecule has 1 N–H and O–H groups in total. The zero-order valence-electron chi connectivity index (χ0n) is 26.9. The Kier molecular flexibility index (Phi) is 7.33. The Bertz CT molecular complexity index is 2160. The summed E-state index contributed by atoms with van der Waals surface area (Å²) in [5, 5.41) is 10.7. The quantitative estimate of drug-likeness (QED) is 0.195. The molecule has 3 fully saturated rings. The molecule has 1 saturated heterocycles. The standard InChI is InChI=1S/C37H36F3N7O/c1-21-4-3-11-46(17-21)18-26-15-28-30(23-6-7-23)19-47(36(48)34(28)42-26)33-14-25(13-31(43-33)24-8-9-24)27-10-5-22(16-41)12-29(27)35-44-32(20-45(35)2)37(38,39)40/h5,10,12-15,19-21,23-24,42H,3-4,6-9,11,17-18H2,1-2H3/t21-/m0/s1. The summed E-state index contributed by atoms with van der Waals surface area (Å²) in [4.78, 5) is 29.1. The number of piperidine rings is 1. The van der Waals surface area contributed by atoms with Gasteiger partial charge in [-0.25, -0.2) is 9.97 Å². The van der Waals surface area contributed by atoms with Crippen molar-refractivity contribution in [2.45, 2.75) is 70.0 Å². The van der Waals surface area contributed by atoms with Gasteiger partial charge in [-0.3, -0.25) is 14.3 Å². The lowest BCUT2D eigenvalue weighted by Gasteiger charge is -2.30. The number of H-pyrrole nitrogens is 1. The Balaban J connectivity index is 1.27. The first-order valence-corrected chi connectivity index (χ1v) is 16.7. The summed E-state index contributed by atoms with van der Waals surface area (Å²) in [5.74, 6) is 1.83. The first-order chi connectivity index (χ1) is 23.1. The minimum Gasteiger partial charge on any atom is -0.353 e. The number of hydrogen-bond acceptors (Lipinski definition) is 5. The van der Waals surface area contributed by atoms with Crippen LogP contribution in [-0.2, 0) is 19.8 Å². The molecule has 0 unspecified atom stereocenters. The van der Waals surface area contributed by atoms with Crippen LogP contribution in [0.25, 0.3) is 39.2 Å². The monoisotopic (exact) mass is 651 g/mol. The number of fused-ring (bicyclic) bond motifs is 1. The Labute approximate surface area is 275 Å². The average Bonchev–Trinajstić information content (AvgIpc) is 3.99. The first kappa shape index (κ1) is 30.6. The third kappa shape index (κ3) is 5.72. The van der Waals surface area contributed by atoms with Gasteiger partial charge in [0, 0.05) is 60.8 Å². The highest BCUT2D eigenvalue weighted by Gasteiger charge is 2.35. The molecule has 2 aliphatic carbocycles. The van der Waals surface area contributed by atoms with Crippen molar-refractivity contribution in [1.82, 2.24) is 29.0 Å². The van der Waals surface area contributed by atoms with Crippen molar-refractivity contribution >= 4 is 10.9 Å². The van der Waals surface area contributed by atoms with Crippen molar-refractivity contribution in [2.75, 3.05) is 13.1 Å². The lowest BCUT2D eigenvalue weighted by Crippen LogP contribution is -2.33. The maximum Gasteiger partial charge on any atom is 0.434 e. The Morgan fingerprint density at radius 2 is 1.79 bits per heavy atom. The lowest BCUT2D eigenvalue weighted by molar-refractivity contribution is -0.140. The molecule has 3 aliphatic rings. The van der Waals surface area contributed by atoms with E-state index in [9.17, 15) is 23.2 Å². The smallest absolute Gasteiger partial charge is 0.353 e. The van der Waals surface area contributed by atoms with Gasteiger partial charge in [0.25, 0.3) is 5.56 Å². The van der Waals surface area contributed by atoms with Gasteiger partial charge in [0.15, 0.2) is 5.69 Å². The number of nitrogens with one attached hydrogen (secondary N) is 1. The number of aryl methyl sites for hydroxylation is 1. The number of benzene rings is 1. The van der Waals surface area contributed by atoms with Crippen molar-refractivity contribution in [3.05, 3.63) is 87.4 Å². The number of halogens is 3. The fraction of sp³-hybridized carbons (Fsp3) is 0.405. The van der Waals surface area contributed by atoms with Gasteiger partial charge in [0.2, 0.25) is 0 Å². The predicted molar refractivity (Wildman–Crippen MR) is 177 cm³/mol. The third-order valence-electron chi connectivity index (χ3n) is 9.98. The number of rotatable bonds is 7. The number of hydrogen-bond donors (Lipinski definition) is 1. The number of aromatic amines is 1. The van der Waals surface area contributed by atoms with Crippen LogP contribution >= 0.6 is 0 Å². The number of nitrogens with zero attached hydrogens (tertiary/aromatic N) is 6. The highest BCUT2D eigenvalue weighted by Crippen LogP contribution is 2.44. The molecular weight excluding hydrogens is 615 g/mol. The summed E-state index contributed by atoms with van der Waals surface area (Å²) in [5.41, 5.74) is 4.39. The maximum absolute atomic E-state index is 14.3. The second kappa shape index (κ2) is 11.5. The number of imidazole rings is 1. The molecule has 8 nitrogen and oxygen atoms in total. The second-order valence-electron chi connectivity index (χ2n) is 13.9. The van der Waals surface area contributed by atoms with Crippen molar-refractivity contribution in [1.29, 1.82) is 5.26 Å². The van der Waals surface area contributed by atoms with Crippen LogP contribution in [0, 0.1) is 17.2 Å². The molecule has 1 aromatic carbocycles. The Morgan fingerprint density at radius 3 is 2.48 bits per heavy atom. The number of aromatic nitrogens is 5. The van der Waals surface area contributed by atoms with Gasteiger partial charge in [-0.2, -0.15) is 18.4 Å². The number of nitriles is 1. The Morgan fingerprint density at radius 1 is 1.00 bits per heavy atom. The van der Waals surface area contributed by atoms with E-state index in [-0.39, 0.29) is 17.3 Å². The zero-order chi connectivity index (χ0) is 33.3. The molecule has 5 aromatic rings. The van der Waals surface area contributed by atoms with Gasteiger partial charge in [0.05, 0.1) is 11.6 Å². The van der Waals surface area contributed by atoms with Gasteiger partial charge < -0.3 is 9.55 Å². The number of alkyl halides is 3. The fourth-order valence-corrected chi connectivity index (χ4v) is 7.25. The Hall–Kier alpha value is -4.69. The predicted octanol–water partition coefficient (Wildman–Crippen LogP) is 7.66. The van der Waals surface area contributed by atoms with E-state index in [1.165, 1.54) is 24.5 Å². The van der Waals surface area contributed by atoms with E-state index in [1.54, 1.807) is 22.8 Å². The molecule has 48 heavy (non-hydrogen) atoms. The number of pyridine rings is 2. The van der Waals surface area contributed by atoms with E-state index in [1.807, 2.05) is 18.3 Å². The minimum absolute atomic E-state index is 0.0948. The van der Waals surface area contributed by atoms with Crippen molar-refractivity contribution < 1.29 is 13.2 Å². The molecular formula is C37H36F3N7O. The average molecular weight is 652 g/mol. The second-order valence-corrected chi connectivity index (χ2v) is 13.9. The van der Waals surface area contributed by atoms with Crippen LogP contribution in [0.5, 0.6) is 0 Å². The molecule has 11 heteroatoms. The summed E-state index contributed by atoms with van der Waals surface area (Å²) in [6.45, 7) is 5.15. The van der Waals surface area contributed by atoms with Gasteiger partial charge >= 0.3 is 6.18 Å². The van der Waals surface area contributed by atoms with Crippen molar-refractivity contribution in [3.8, 4) is 34.4 Å². The lowest BCUT2D eigenvalue weighted by atomic mass is 9.96. The van der Waals surface area contributed by atoms with Crippen LogP contribution < -0.4 is 5.56 Å². The first-order valence-electron chi connectivity index (χ1n) is 16.7. The van der Waals surface area contributed by atoms with Gasteiger partial charge in [0.1, 0.15) is 17.2 Å². The van der Waals surface area contributed by atoms with Crippen LogP contribution in [0.4, 0.5) is 13.2 Å². The van der Waals surface area contributed by atoms with E-state index >= 15 is 0 Å². The van der Waals surface area contributed by atoms with Crippen LogP contribution in [0.2, 0.25) is 0 Å². The third-order valence-corrected chi connectivity index (χ3v) is 9.98. The molecule has 0 radical (unpaired) electrons. The van der Waals surface area contributed by atoms with E-state index in [0.29, 0.717) is 45.4 Å². The molecule has 0 spiro atoms. The molecule has 1 aliphatic heterocycles. The van der Waals surface area contributed by atoms with Crippen molar-refractivity contribution in [2.24, 2.45) is 13.0 Å². The molecule has 2 saturated carbocycles. The molecule has 5 heterocycles. The summed E-state index contributed by atoms with van der Waals surface area (Å²) in [7, 11) is 1.51. The highest BCUT2D eigenvalue weighted by molar-refractivity contribution is 5.85. The highest BCUT2D eigenvalue weighted by atomic mass is 19.4. The maximum atomic E-state index is 14.3. The molecule has 4 aromatic heterocycles. The summed E-state index contributed by atoms with van der Waals surface area (Å²) >= 11 is 0. The van der Waals surface area contributed by atoms with E-state index in [4.69, 9.17) is 4.98 Å². The van der Waals surface area contributed by atoms with E-state index in [0.717, 1.165) is 73.9 Å². The summed E-state index contributed by atoms with van der Waals surface area (Å²) in [6, 6.07) is 13.0. The van der Waals surface area contributed by atoms with Crippen molar-refractivity contribution in [3.63, 3.8) is 0 Å². The number of likely N-dealkylation sites (tertiary alicyclic amines) is 1. The fourth-order valence-electron chi connectivity index (χ4n) is 7.25. The largest absolute Gasteiger partial charge is 0.434 e. The van der Waals surface area contributed by atoms with Gasteiger partial charge in [-0.05, 0) is 104 Å². The molecule has 246 valence electrons. The zero-order valence-corrected chi connectivity index (χ0v) is 26.9. The molecule has 0 amide bonds. The van der Waals surface area contributed by atoms with Crippen LogP contribution in [0.1, 0.15) is 85.5 Å². The molecule has 8 rings (SSSR count). The van der Waals surface area contributed by atoms with Gasteiger partial charge in [-0.1, -0.05) is 13.0 Å². The summed E-state index contributed by atoms with van der Waals surface area (Å²) in [6.07, 6.45) is 4.78. The normalized spacial score (nSPS) is 18.8. The minimum atomic E-state index is -4.62. The van der Waals surface area contributed by atoms with Crippen LogP contribution in [-0.4, -0.2) is 42.1 Å². The van der Waals surface area contributed by atoms with E-state index < -0.39 is 11.9 Å². The van der Waals surface area contributed by atoms with E-state index in [2.05, 4.69) is 33.9 Å². The van der Waals surface area contributed by atoms with Crippen LogP contribution in [0.3, 0.4) is 0 Å². The van der Waals surface area contributed by atoms with Gasteiger partial charge in [-0.15, -0.1) is 0 Å². The topological polar surface area (TPSA) is 95.5 Å².